The molecule has 0 bridgehead atoms. The van der Waals surface area contributed by atoms with Crippen molar-refractivity contribution >= 4 is 0 Å². The van der Waals surface area contributed by atoms with Crippen LogP contribution in [0.15, 0.2) is 54.6 Å². The fourth-order valence-corrected chi connectivity index (χ4v) is 2.73. The van der Waals surface area contributed by atoms with E-state index in [0.29, 0.717) is 0 Å². The van der Waals surface area contributed by atoms with E-state index < -0.39 is 0 Å². The smallest absolute Gasteiger partial charge is 0.00983 e. The molecule has 0 spiro atoms. The fourth-order valence-electron chi connectivity index (χ4n) is 2.73. The number of rotatable bonds is 4. The van der Waals surface area contributed by atoms with E-state index in [0.717, 1.165) is 6.42 Å². The Morgan fingerprint density at radius 1 is 0.789 bits per heavy atom. The van der Waals surface area contributed by atoms with Crippen LogP contribution in [0.2, 0.25) is 0 Å². The molecule has 0 aromatic heterocycles. The lowest BCUT2D eigenvalue weighted by Crippen LogP contribution is -2.18. The summed E-state index contributed by atoms with van der Waals surface area (Å²) in [4.78, 5) is 0. The molecule has 0 saturated heterocycles. The average molecular weight is 251 g/mol. The Bertz CT molecular complexity index is 503. The molecule has 0 heteroatoms. The number of benzene rings is 2. The molecule has 0 nitrogen and oxygen atoms in total. The monoisotopic (exact) mass is 251 g/mol. The molecule has 0 N–H and O–H groups in total. The lowest BCUT2D eigenvalue weighted by atomic mass is 9.77. The molecule has 0 aliphatic rings. The maximum Gasteiger partial charge on any atom is -0.00983 e. The summed E-state index contributed by atoms with van der Waals surface area (Å²) in [5, 5.41) is 0. The number of hydrogen-bond donors (Lipinski definition) is 0. The van der Waals surface area contributed by atoms with E-state index in [4.69, 9.17) is 0 Å². The second-order valence-corrected chi connectivity index (χ2v) is 6.21. The minimum absolute atomic E-state index is 0.216. The van der Waals surface area contributed by atoms with Gasteiger partial charge in [0, 0.05) is 0 Å². The Hall–Kier alpha value is -1.56. The molecular formula is C19H23. The maximum atomic E-state index is 2.32. The third kappa shape index (κ3) is 3.47. The van der Waals surface area contributed by atoms with Gasteiger partial charge in [-0.05, 0) is 34.4 Å². The SMILES string of the molecule is C[C](C)CC(C)(C)c1ccc(-c2ccccc2)cc1. The molecule has 2 aromatic rings. The van der Waals surface area contributed by atoms with Crippen molar-refractivity contribution in [2.75, 3.05) is 0 Å². The molecule has 0 unspecified atom stereocenters. The molecular weight excluding hydrogens is 228 g/mol. The summed E-state index contributed by atoms with van der Waals surface area (Å²) < 4.78 is 0. The van der Waals surface area contributed by atoms with Crippen LogP contribution >= 0.6 is 0 Å². The van der Waals surface area contributed by atoms with Crippen LogP contribution in [0.1, 0.15) is 39.7 Å². The Balaban J connectivity index is 2.24. The quantitative estimate of drug-likeness (QED) is 0.660. The van der Waals surface area contributed by atoms with Crippen molar-refractivity contribution in [2.24, 2.45) is 0 Å². The Morgan fingerprint density at radius 3 is 1.84 bits per heavy atom. The third-order valence-electron chi connectivity index (χ3n) is 3.57. The van der Waals surface area contributed by atoms with Crippen LogP contribution in [0.25, 0.3) is 11.1 Å². The lowest BCUT2D eigenvalue weighted by molar-refractivity contribution is 0.492. The van der Waals surface area contributed by atoms with Crippen LogP contribution < -0.4 is 0 Å². The second-order valence-electron chi connectivity index (χ2n) is 6.21. The molecule has 0 atom stereocenters. The van der Waals surface area contributed by atoms with Crippen LogP contribution in [0.4, 0.5) is 0 Å². The predicted molar refractivity (Wildman–Crippen MR) is 84.1 cm³/mol. The highest BCUT2D eigenvalue weighted by Gasteiger charge is 2.21. The van der Waals surface area contributed by atoms with Gasteiger partial charge in [-0.15, -0.1) is 0 Å². The van der Waals surface area contributed by atoms with Gasteiger partial charge in [0.2, 0.25) is 0 Å². The highest BCUT2D eigenvalue weighted by atomic mass is 14.3. The van der Waals surface area contributed by atoms with E-state index in [1.807, 2.05) is 0 Å². The predicted octanol–water partition coefficient (Wildman–Crippen LogP) is 5.64. The first kappa shape index (κ1) is 13.9. The van der Waals surface area contributed by atoms with Gasteiger partial charge in [0.25, 0.3) is 0 Å². The lowest BCUT2D eigenvalue weighted by Gasteiger charge is -2.27. The zero-order chi connectivity index (χ0) is 13.9. The van der Waals surface area contributed by atoms with Gasteiger partial charge in [0.05, 0.1) is 0 Å². The molecule has 19 heavy (non-hydrogen) atoms. The van der Waals surface area contributed by atoms with Crippen LogP contribution in [0.5, 0.6) is 0 Å². The van der Waals surface area contributed by atoms with Gasteiger partial charge in [0.1, 0.15) is 0 Å². The van der Waals surface area contributed by atoms with Crippen molar-refractivity contribution in [3.8, 4) is 11.1 Å². The molecule has 0 heterocycles. The minimum Gasteiger partial charge on any atom is -0.0622 e. The molecule has 0 saturated carbocycles. The van der Waals surface area contributed by atoms with Gasteiger partial charge in [-0.25, -0.2) is 0 Å². The minimum atomic E-state index is 0.216. The topological polar surface area (TPSA) is 0 Å². The number of hydrogen-bond acceptors (Lipinski definition) is 0. The Labute approximate surface area is 117 Å². The summed E-state index contributed by atoms with van der Waals surface area (Å²) in [6, 6.07) is 19.5. The van der Waals surface area contributed by atoms with Crippen molar-refractivity contribution in [3.63, 3.8) is 0 Å². The Morgan fingerprint density at radius 2 is 1.32 bits per heavy atom. The summed E-state index contributed by atoms with van der Waals surface area (Å²) in [5.74, 6) is 1.48. The van der Waals surface area contributed by atoms with Gasteiger partial charge < -0.3 is 0 Å². The van der Waals surface area contributed by atoms with Crippen LogP contribution in [-0.4, -0.2) is 0 Å². The first-order chi connectivity index (χ1) is 8.99. The van der Waals surface area contributed by atoms with Crippen LogP contribution in [0, 0.1) is 5.92 Å². The van der Waals surface area contributed by atoms with E-state index in [1.54, 1.807) is 0 Å². The van der Waals surface area contributed by atoms with E-state index >= 15 is 0 Å². The van der Waals surface area contributed by atoms with Crippen molar-refractivity contribution in [1.82, 2.24) is 0 Å². The van der Waals surface area contributed by atoms with E-state index in [1.165, 1.54) is 22.6 Å². The standard InChI is InChI=1S/C19H23/c1-15(2)14-19(3,4)18-12-10-17(11-13-18)16-8-6-5-7-9-16/h5-13H,14H2,1-4H3. The van der Waals surface area contributed by atoms with Gasteiger partial charge >= 0.3 is 0 Å². The van der Waals surface area contributed by atoms with Crippen molar-refractivity contribution < 1.29 is 0 Å². The van der Waals surface area contributed by atoms with E-state index in [-0.39, 0.29) is 5.41 Å². The van der Waals surface area contributed by atoms with Gasteiger partial charge in [-0.2, -0.15) is 0 Å². The van der Waals surface area contributed by atoms with Crippen molar-refractivity contribution in [3.05, 3.63) is 66.1 Å². The molecule has 0 aliphatic carbocycles. The largest absolute Gasteiger partial charge is 0.0622 e. The zero-order valence-corrected chi connectivity index (χ0v) is 12.4. The summed E-state index contributed by atoms with van der Waals surface area (Å²) in [5.41, 5.74) is 4.20. The summed E-state index contributed by atoms with van der Waals surface area (Å²) in [7, 11) is 0. The van der Waals surface area contributed by atoms with E-state index in [9.17, 15) is 0 Å². The Kier molecular flexibility index (Phi) is 4.09. The molecule has 2 rings (SSSR count). The first-order valence-electron chi connectivity index (χ1n) is 6.94. The van der Waals surface area contributed by atoms with Crippen LogP contribution in [0.3, 0.4) is 0 Å². The van der Waals surface area contributed by atoms with Crippen molar-refractivity contribution in [2.45, 2.75) is 39.5 Å². The second kappa shape index (κ2) is 5.61. The highest BCUT2D eigenvalue weighted by molar-refractivity contribution is 5.63. The molecule has 0 aliphatic heterocycles. The molecule has 2 aromatic carbocycles. The maximum absolute atomic E-state index is 2.32. The molecule has 0 amide bonds. The summed E-state index contributed by atoms with van der Waals surface area (Å²) >= 11 is 0. The van der Waals surface area contributed by atoms with Crippen LogP contribution in [-0.2, 0) is 5.41 Å². The highest BCUT2D eigenvalue weighted by Crippen LogP contribution is 2.32. The van der Waals surface area contributed by atoms with Crippen molar-refractivity contribution in [1.29, 1.82) is 0 Å². The van der Waals surface area contributed by atoms with Gasteiger partial charge in [0.15, 0.2) is 0 Å². The van der Waals surface area contributed by atoms with E-state index in [2.05, 4.69) is 82.3 Å². The average Bonchev–Trinajstić information content (AvgIpc) is 2.38. The summed E-state index contributed by atoms with van der Waals surface area (Å²) in [6.07, 6.45) is 1.14. The van der Waals surface area contributed by atoms with Gasteiger partial charge in [-0.1, -0.05) is 82.3 Å². The third-order valence-corrected chi connectivity index (χ3v) is 3.57. The normalized spacial score (nSPS) is 11.8. The summed E-state index contributed by atoms with van der Waals surface area (Å²) in [6.45, 7) is 9.05. The van der Waals surface area contributed by atoms with Gasteiger partial charge in [-0.3, -0.25) is 0 Å². The zero-order valence-electron chi connectivity index (χ0n) is 12.4. The molecule has 99 valence electrons. The molecule has 1 radical (unpaired) electrons. The molecule has 0 fully saturated rings. The first-order valence-corrected chi connectivity index (χ1v) is 6.94. The fraction of sp³-hybridized carbons (Fsp3) is 0.316.